The van der Waals surface area contributed by atoms with Crippen LogP contribution in [0, 0.1) is 0 Å². The fourth-order valence-corrected chi connectivity index (χ4v) is 4.91. The van der Waals surface area contributed by atoms with Crippen LogP contribution in [0.4, 0.5) is 0 Å². The third kappa shape index (κ3) is 9.38. The summed E-state index contributed by atoms with van der Waals surface area (Å²) in [5.74, 6) is 1.90. The van der Waals surface area contributed by atoms with Crippen molar-refractivity contribution in [3.05, 3.63) is 90.5 Å². The van der Waals surface area contributed by atoms with Crippen LogP contribution in [0.15, 0.2) is 84.9 Å². The van der Waals surface area contributed by atoms with Gasteiger partial charge >= 0.3 is 5.97 Å². The largest absolute Gasteiger partial charge is 0.494 e. The molecule has 0 aromatic heterocycles. The lowest BCUT2D eigenvalue weighted by molar-refractivity contribution is 0.0735. The second-order valence-electron chi connectivity index (χ2n) is 10.8. The zero-order valence-electron chi connectivity index (χ0n) is 24.9. The maximum Gasteiger partial charge on any atom is 0.343 e. The number of rotatable bonds is 16. The molecule has 216 valence electrons. The van der Waals surface area contributed by atoms with Gasteiger partial charge in [0.1, 0.15) is 17.2 Å². The van der Waals surface area contributed by atoms with Gasteiger partial charge in [-0.2, -0.15) is 0 Å². The Bertz CT molecular complexity index is 1360. The molecule has 41 heavy (non-hydrogen) atoms. The first kappa shape index (κ1) is 30.2. The first-order valence-corrected chi connectivity index (χ1v) is 15.3. The monoisotopic (exact) mass is 552 g/mol. The molecule has 4 aromatic rings. The molecule has 4 nitrogen and oxygen atoms in total. The minimum absolute atomic E-state index is 0.210. The van der Waals surface area contributed by atoms with Crippen LogP contribution < -0.4 is 14.2 Å². The van der Waals surface area contributed by atoms with Crippen molar-refractivity contribution in [1.29, 1.82) is 0 Å². The van der Waals surface area contributed by atoms with E-state index >= 15 is 0 Å². The molecule has 0 aliphatic carbocycles. The Balaban J connectivity index is 1.30. The summed E-state index contributed by atoms with van der Waals surface area (Å²) in [6.45, 7) is 7.31. The number of ether oxygens (including phenoxy) is 3. The van der Waals surface area contributed by atoms with E-state index in [9.17, 15) is 4.79 Å². The summed E-state index contributed by atoms with van der Waals surface area (Å²) in [6, 6.07) is 27.4. The summed E-state index contributed by atoms with van der Waals surface area (Å²) in [7, 11) is 0. The minimum Gasteiger partial charge on any atom is -0.494 e. The minimum atomic E-state index is -0.375. The molecule has 0 N–H and O–H groups in total. The molecule has 0 saturated heterocycles. The molecule has 4 heteroatoms. The van der Waals surface area contributed by atoms with Gasteiger partial charge < -0.3 is 14.2 Å². The normalized spacial score (nSPS) is 11.8. The van der Waals surface area contributed by atoms with Crippen molar-refractivity contribution in [3.63, 3.8) is 0 Å². The number of esters is 1. The SMILES string of the molecule is CCCCCCOc1ccc2cc(OC(=O)c3ccc(-c4ccc(O[C@@H](C)CCCCCC)cc4)cc3)ccc2c1. The molecule has 0 unspecified atom stereocenters. The number of unbranched alkanes of at least 4 members (excludes halogenated alkanes) is 6. The first-order chi connectivity index (χ1) is 20.1. The highest BCUT2D eigenvalue weighted by Crippen LogP contribution is 2.27. The van der Waals surface area contributed by atoms with E-state index in [4.69, 9.17) is 14.2 Å². The van der Waals surface area contributed by atoms with Gasteiger partial charge in [0.05, 0.1) is 18.3 Å². The molecule has 0 aliphatic rings. The number of carbonyl (C=O) groups is 1. The Labute approximate surface area is 245 Å². The van der Waals surface area contributed by atoms with E-state index in [1.807, 2.05) is 72.8 Å². The van der Waals surface area contributed by atoms with Crippen LogP contribution in [0.3, 0.4) is 0 Å². The first-order valence-electron chi connectivity index (χ1n) is 15.3. The summed E-state index contributed by atoms with van der Waals surface area (Å²) >= 11 is 0. The second kappa shape index (κ2) is 15.9. The molecule has 4 rings (SSSR count). The molecule has 0 bridgehead atoms. The number of benzene rings is 4. The highest BCUT2D eigenvalue weighted by Gasteiger charge is 2.11. The average molecular weight is 553 g/mol. The lowest BCUT2D eigenvalue weighted by Gasteiger charge is -2.15. The number of hydrogen-bond acceptors (Lipinski definition) is 4. The molecular weight excluding hydrogens is 508 g/mol. The molecule has 0 radical (unpaired) electrons. The van der Waals surface area contributed by atoms with Crippen molar-refractivity contribution < 1.29 is 19.0 Å². The van der Waals surface area contributed by atoms with Crippen molar-refractivity contribution in [2.24, 2.45) is 0 Å². The van der Waals surface area contributed by atoms with Gasteiger partial charge in [0, 0.05) is 0 Å². The fourth-order valence-electron chi connectivity index (χ4n) is 4.91. The van der Waals surface area contributed by atoms with Gasteiger partial charge in [-0.25, -0.2) is 4.79 Å². The predicted molar refractivity (Wildman–Crippen MR) is 169 cm³/mol. The van der Waals surface area contributed by atoms with E-state index in [2.05, 4.69) is 32.9 Å². The van der Waals surface area contributed by atoms with E-state index in [1.54, 1.807) is 0 Å². The van der Waals surface area contributed by atoms with E-state index in [0.717, 1.165) is 52.8 Å². The third-order valence-corrected chi connectivity index (χ3v) is 7.37. The van der Waals surface area contributed by atoms with Crippen molar-refractivity contribution in [2.45, 2.75) is 84.7 Å². The van der Waals surface area contributed by atoms with E-state index in [0.29, 0.717) is 11.3 Å². The van der Waals surface area contributed by atoms with Gasteiger partial charge in [-0.1, -0.05) is 88.8 Å². The molecule has 0 amide bonds. The average Bonchev–Trinajstić information content (AvgIpc) is 3.00. The van der Waals surface area contributed by atoms with Crippen LogP contribution in [0.25, 0.3) is 21.9 Å². The van der Waals surface area contributed by atoms with Crippen LogP contribution >= 0.6 is 0 Å². The molecule has 0 spiro atoms. The number of hydrogen-bond donors (Lipinski definition) is 0. The number of carbonyl (C=O) groups excluding carboxylic acids is 1. The van der Waals surface area contributed by atoms with Crippen LogP contribution in [0.2, 0.25) is 0 Å². The van der Waals surface area contributed by atoms with Crippen LogP contribution in [-0.2, 0) is 0 Å². The van der Waals surface area contributed by atoms with E-state index < -0.39 is 0 Å². The van der Waals surface area contributed by atoms with E-state index in [1.165, 1.54) is 44.9 Å². The summed E-state index contributed by atoms with van der Waals surface area (Å²) < 4.78 is 17.7. The van der Waals surface area contributed by atoms with E-state index in [-0.39, 0.29) is 12.1 Å². The van der Waals surface area contributed by atoms with Gasteiger partial charge in [0.15, 0.2) is 0 Å². The van der Waals surface area contributed by atoms with Gasteiger partial charge in [-0.3, -0.25) is 0 Å². The van der Waals surface area contributed by atoms with Gasteiger partial charge in [0.2, 0.25) is 0 Å². The third-order valence-electron chi connectivity index (χ3n) is 7.37. The zero-order chi connectivity index (χ0) is 28.9. The maximum absolute atomic E-state index is 12.8. The Morgan fingerprint density at radius 1 is 0.634 bits per heavy atom. The molecule has 1 atom stereocenters. The van der Waals surface area contributed by atoms with Crippen LogP contribution in [-0.4, -0.2) is 18.7 Å². The Hall–Kier alpha value is -3.79. The zero-order valence-corrected chi connectivity index (χ0v) is 24.9. The van der Waals surface area contributed by atoms with Crippen molar-refractivity contribution in [2.75, 3.05) is 6.61 Å². The lowest BCUT2D eigenvalue weighted by atomic mass is 10.0. The summed E-state index contributed by atoms with van der Waals surface area (Å²) in [6.07, 6.45) is 11.0. The van der Waals surface area contributed by atoms with Gasteiger partial charge in [0.25, 0.3) is 0 Å². The molecule has 0 heterocycles. The highest BCUT2D eigenvalue weighted by atomic mass is 16.5. The highest BCUT2D eigenvalue weighted by molar-refractivity contribution is 5.93. The van der Waals surface area contributed by atoms with Gasteiger partial charge in [-0.15, -0.1) is 0 Å². The summed E-state index contributed by atoms with van der Waals surface area (Å²) in [5.41, 5.74) is 2.62. The topological polar surface area (TPSA) is 44.8 Å². The molecule has 4 aromatic carbocycles. The van der Waals surface area contributed by atoms with Crippen LogP contribution in [0.1, 0.15) is 88.9 Å². The summed E-state index contributed by atoms with van der Waals surface area (Å²) in [4.78, 5) is 12.8. The Kier molecular flexibility index (Phi) is 11.7. The smallest absolute Gasteiger partial charge is 0.343 e. The van der Waals surface area contributed by atoms with Crippen molar-refractivity contribution in [3.8, 4) is 28.4 Å². The Morgan fingerprint density at radius 3 is 1.85 bits per heavy atom. The lowest BCUT2D eigenvalue weighted by Crippen LogP contribution is -2.11. The number of fused-ring (bicyclic) bond motifs is 1. The molecule has 0 saturated carbocycles. The Morgan fingerprint density at radius 2 is 1.20 bits per heavy atom. The molecule has 0 fully saturated rings. The summed E-state index contributed by atoms with van der Waals surface area (Å²) in [5, 5.41) is 2.06. The molecular formula is C37H44O4. The van der Waals surface area contributed by atoms with Crippen LogP contribution in [0.5, 0.6) is 17.2 Å². The fraction of sp³-hybridized carbons (Fsp3) is 0.378. The standard InChI is InChI=1S/C37H44O4/c1-4-6-8-10-12-28(3)40-34-21-17-30(18-22-34)29-13-15-31(16-14-29)37(38)41-36-24-20-32-26-35(23-19-33(32)27-36)39-25-11-9-7-5-2/h13-24,26-28H,4-12,25H2,1-3H3/t28-/m0/s1. The van der Waals surface area contributed by atoms with Crippen molar-refractivity contribution in [1.82, 2.24) is 0 Å². The second-order valence-corrected chi connectivity index (χ2v) is 10.8. The van der Waals surface area contributed by atoms with Crippen molar-refractivity contribution >= 4 is 16.7 Å². The maximum atomic E-state index is 12.8. The van der Waals surface area contributed by atoms with Gasteiger partial charge in [-0.05, 0) is 96.6 Å². The predicted octanol–water partition coefficient (Wildman–Crippen LogP) is 10.4. The quantitative estimate of drug-likeness (QED) is 0.0788. The molecule has 0 aliphatic heterocycles.